The average molecular weight is 230 g/mol. The van der Waals surface area contributed by atoms with E-state index in [-0.39, 0.29) is 0 Å². The molecular formula is C13H18N4. The van der Waals surface area contributed by atoms with Gasteiger partial charge in [-0.3, -0.25) is 0 Å². The summed E-state index contributed by atoms with van der Waals surface area (Å²) in [6, 6.07) is 6.60. The van der Waals surface area contributed by atoms with Gasteiger partial charge in [0.2, 0.25) is 0 Å². The van der Waals surface area contributed by atoms with Crippen molar-refractivity contribution in [2.45, 2.75) is 31.7 Å². The molecule has 4 heteroatoms. The van der Waals surface area contributed by atoms with Crippen molar-refractivity contribution in [2.75, 3.05) is 13.6 Å². The van der Waals surface area contributed by atoms with Crippen molar-refractivity contribution in [1.82, 2.24) is 19.5 Å². The van der Waals surface area contributed by atoms with E-state index in [0.29, 0.717) is 6.04 Å². The molecule has 1 fully saturated rings. The summed E-state index contributed by atoms with van der Waals surface area (Å²) in [7, 11) is 2.21. The van der Waals surface area contributed by atoms with Crippen LogP contribution in [0.4, 0.5) is 0 Å². The third-order valence-electron chi connectivity index (χ3n) is 3.62. The highest BCUT2D eigenvalue weighted by molar-refractivity contribution is 5.36. The summed E-state index contributed by atoms with van der Waals surface area (Å²) in [5, 5.41) is 4.52. The van der Waals surface area contributed by atoms with Gasteiger partial charge in [0.25, 0.3) is 0 Å². The maximum atomic E-state index is 4.57. The Labute approximate surface area is 101 Å². The molecule has 1 saturated heterocycles. The molecule has 0 aliphatic carbocycles. The molecule has 1 aliphatic heterocycles. The van der Waals surface area contributed by atoms with Crippen LogP contribution in [0, 0.1) is 0 Å². The minimum absolute atomic E-state index is 0.612. The molecule has 1 atom stereocenters. The minimum atomic E-state index is 0.612. The number of rotatable bonds is 2. The first-order valence-corrected chi connectivity index (χ1v) is 6.33. The van der Waals surface area contributed by atoms with Crippen LogP contribution in [-0.4, -0.2) is 39.1 Å². The van der Waals surface area contributed by atoms with Gasteiger partial charge in [0.05, 0.1) is 0 Å². The van der Waals surface area contributed by atoms with Crippen LogP contribution < -0.4 is 0 Å². The highest BCUT2D eigenvalue weighted by Gasteiger charge is 2.20. The number of likely N-dealkylation sites (N-methyl/N-ethyl adjacent to an activating group) is 1. The van der Waals surface area contributed by atoms with E-state index >= 15 is 0 Å². The zero-order valence-electron chi connectivity index (χ0n) is 10.2. The summed E-state index contributed by atoms with van der Waals surface area (Å²) in [4.78, 5) is 7.01. The van der Waals surface area contributed by atoms with Crippen LogP contribution in [0.3, 0.4) is 0 Å². The van der Waals surface area contributed by atoms with Gasteiger partial charge in [-0.2, -0.15) is 5.10 Å². The Bertz CT molecular complexity index is 472. The molecule has 0 bridgehead atoms. The van der Waals surface area contributed by atoms with E-state index in [9.17, 15) is 0 Å². The lowest BCUT2D eigenvalue weighted by Crippen LogP contribution is -2.37. The van der Waals surface area contributed by atoms with Crippen LogP contribution >= 0.6 is 0 Å². The number of fused-ring (bicyclic) bond motifs is 1. The predicted octanol–water partition coefficient (Wildman–Crippen LogP) is 1.76. The Morgan fingerprint density at radius 1 is 1.35 bits per heavy atom. The van der Waals surface area contributed by atoms with Crippen molar-refractivity contribution < 1.29 is 0 Å². The second kappa shape index (κ2) is 4.45. The van der Waals surface area contributed by atoms with E-state index in [1.165, 1.54) is 25.8 Å². The Morgan fingerprint density at radius 2 is 2.29 bits per heavy atom. The van der Waals surface area contributed by atoms with Crippen molar-refractivity contribution in [2.24, 2.45) is 0 Å². The number of likely N-dealkylation sites (tertiary alicyclic amines) is 1. The number of hydrogen-bond acceptors (Lipinski definition) is 3. The monoisotopic (exact) mass is 230 g/mol. The number of piperidine rings is 1. The molecular weight excluding hydrogens is 212 g/mol. The molecule has 3 heterocycles. The van der Waals surface area contributed by atoms with Crippen LogP contribution in [0.15, 0.2) is 24.4 Å². The van der Waals surface area contributed by atoms with E-state index in [0.717, 1.165) is 17.9 Å². The summed E-state index contributed by atoms with van der Waals surface area (Å²) in [6.45, 7) is 1.21. The third-order valence-corrected chi connectivity index (χ3v) is 3.62. The second-order valence-electron chi connectivity index (χ2n) is 4.87. The summed E-state index contributed by atoms with van der Waals surface area (Å²) < 4.78 is 1.86. The molecule has 0 saturated carbocycles. The standard InChI is InChI=1S/C13H18N4/c1-16-8-4-2-6-11(16)10-12-14-13-7-3-5-9-17(13)15-12/h3,5,7,9,11H,2,4,6,8,10H2,1H3. The Kier molecular flexibility index (Phi) is 2.81. The lowest BCUT2D eigenvalue weighted by Gasteiger charge is -2.31. The third kappa shape index (κ3) is 2.17. The van der Waals surface area contributed by atoms with E-state index in [2.05, 4.69) is 22.0 Å². The van der Waals surface area contributed by atoms with E-state index in [1.807, 2.05) is 28.9 Å². The molecule has 0 aromatic carbocycles. The molecule has 1 aliphatic rings. The zero-order valence-corrected chi connectivity index (χ0v) is 10.2. The lowest BCUT2D eigenvalue weighted by molar-refractivity contribution is 0.182. The van der Waals surface area contributed by atoms with E-state index < -0.39 is 0 Å². The molecule has 0 radical (unpaired) electrons. The van der Waals surface area contributed by atoms with Crippen molar-refractivity contribution in [1.29, 1.82) is 0 Å². The number of pyridine rings is 1. The Morgan fingerprint density at radius 3 is 3.12 bits per heavy atom. The molecule has 0 N–H and O–H groups in total. The summed E-state index contributed by atoms with van der Waals surface area (Å²) in [5.41, 5.74) is 0.945. The lowest BCUT2D eigenvalue weighted by atomic mass is 10.00. The van der Waals surface area contributed by atoms with Crippen LogP contribution in [0.1, 0.15) is 25.1 Å². The summed E-state index contributed by atoms with van der Waals surface area (Å²) in [5.74, 6) is 0.968. The van der Waals surface area contributed by atoms with Gasteiger partial charge in [0.15, 0.2) is 11.5 Å². The zero-order chi connectivity index (χ0) is 11.7. The molecule has 4 nitrogen and oxygen atoms in total. The van der Waals surface area contributed by atoms with E-state index in [4.69, 9.17) is 0 Å². The van der Waals surface area contributed by atoms with Gasteiger partial charge in [-0.15, -0.1) is 0 Å². The van der Waals surface area contributed by atoms with Crippen LogP contribution in [-0.2, 0) is 6.42 Å². The van der Waals surface area contributed by atoms with Gasteiger partial charge in [0, 0.05) is 18.7 Å². The SMILES string of the molecule is CN1CCCCC1Cc1nc2ccccn2n1. The van der Waals surface area contributed by atoms with Crippen LogP contribution in [0.5, 0.6) is 0 Å². The van der Waals surface area contributed by atoms with Gasteiger partial charge in [0.1, 0.15) is 0 Å². The average Bonchev–Trinajstić information content (AvgIpc) is 2.74. The molecule has 17 heavy (non-hydrogen) atoms. The fourth-order valence-corrected chi connectivity index (χ4v) is 2.58. The molecule has 1 unspecified atom stereocenters. The quantitative estimate of drug-likeness (QED) is 0.788. The summed E-state index contributed by atoms with van der Waals surface area (Å²) in [6.07, 6.45) is 6.86. The van der Waals surface area contributed by atoms with Gasteiger partial charge >= 0.3 is 0 Å². The molecule has 2 aromatic rings. The normalized spacial score (nSPS) is 22.1. The first-order valence-electron chi connectivity index (χ1n) is 6.33. The first kappa shape index (κ1) is 10.7. The molecule has 0 spiro atoms. The van der Waals surface area contributed by atoms with Crippen LogP contribution in [0.2, 0.25) is 0 Å². The minimum Gasteiger partial charge on any atom is -0.303 e. The molecule has 3 rings (SSSR count). The highest BCUT2D eigenvalue weighted by atomic mass is 15.3. The van der Waals surface area contributed by atoms with E-state index in [1.54, 1.807) is 0 Å². The Hall–Kier alpha value is -1.42. The Balaban J connectivity index is 1.79. The first-order chi connectivity index (χ1) is 8.33. The number of nitrogens with zero attached hydrogens (tertiary/aromatic N) is 4. The highest BCUT2D eigenvalue weighted by Crippen LogP contribution is 2.18. The molecule has 2 aromatic heterocycles. The fraction of sp³-hybridized carbons (Fsp3) is 0.538. The maximum absolute atomic E-state index is 4.57. The van der Waals surface area contributed by atoms with Gasteiger partial charge < -0.3 is 4.90 Å². The second-order valence-corrected chi connectivity index (χ2v) is 4.87. The number of hydrogen-bond donors (Lipinski definition) is 0. The topological polar surface area (TPSA) is 33.4 Å². The van der Waals surface area contributed by atoms with Crippen molar-refractivity contribution in [3.05, 3.63) is 30.2 Å². The van der Waals surface area contributed by atoms with Crippen LogP contribution in [0.25, 0.3) is 5.65 Å². The van der Waals surface area contributed by atoms with Crippen molar-refractivity contribution in [3.8, 4) is 0 Å². The smallest absolute Gasteiger partial charge is 0.155 e. The molecule has 90 valence electrons. The van der Waals surface area contributed by atoms with Crippen molar-refractivity contribution in [3.63, 3.8) is 0 Å². The van der Waals surface area contributed by atoms with Gasteiger partial charge in [-0.1, -0.05) is 12.5 Å². The van der Waals surface area contributed by atoms with Gasteiger partial charge in [-0.25, -0.2) is 9.50 Å². The summed E-state index contributed by atoms with van der Waals surface area (Å²) >= 11 is 0. The fourth-order valence-electron chi connectivity index (χ4n) is 2.58. The molecule has 0 amide bonds. The largest absolute Gasteiger partial charge is 0.303 e. The van der Waals surface area contributed by atoms with Crippen molar-refractivity contribution >= 4 is 5.65 Å². The maximum Gasteiger partial charge on any atom is 0.155 e. The number of aromatic nitrogens is 3. The predicted molar refractivity (Wildman–Crippen MR) is 67.0 cm³/mol. The van der Waals surface area contributed by atoms with Gasteiger partial charge in [-0.05, 0) is 38.6 Å².